The van der Waals surface area contributed by atoms with Gasteiger partial charge in [-0.05, 0) is 48.2 Å². The number of hydrogen-bond donors (Lipinski definition) is 4. The number of amides is 2. The van der Waals surface area contributed by atoms with Crippen LogP contribution in [0.4, 0.5) is 5.69 Å². The number of halogens is 1. The molecule has 0 atom stereocenters. The summed E-state index contributed by atoms with van der Waals surface area (Å²) < 4.78 is 5.79. The molecule has 0 radical (unpaired) electrons. The van der Waals surface area contributed by atoms with E-state index in [0.717, 1.165) is 0 Å². The Bertz CT molecular complexity index is 974. The van der Waals surface area contributed by atoms with Gasteiger partial charge in [0.25, 0.3) is 5.91 Å². The number of benzene rings is 2. The molecule has 2 amide bonds. The highest BCUT2D eigenvalue weighted by molar-refractivity contribution is 6.37. The number of carbonyl (C=O) groups is 3. The fraction of sp³-hybridized carbons (Fsp3) is 0.286. The molecule has 0 spiro atoms. The second-order valence-corrected chi connectivity index (χ2v) is 8.29. The number of carbonyl (C=O) groups excluding carboxylic acids is 2. The quantitative estimate of drug-likeness (QED) is 0.528. The normalized spacial score (nSPS) is 11.0. The summed E-state index contributed by atoms with van der Waals surface area (Å²) in [6, 6.07) is 7.06. The van der Waals surface area contributed by atoms with Crippen molar-refractivity contribution in [1.82, 2.24) is 5.32 Å². The number of phenolic OH excluding ortho intramolecular Hbond substituents is 1. The van der Waals surface area contributed by atoms with E-state index in [1.165, 1.54) is 30.3 Å². The van der Waals surface area contributed by atoms with Gasteiger partial charge in [0, 0.05) is 12.2 Å². The molecule has 0 fully saturated rings. The van der Waals surface area contributed by atoms with Crippen molar-refractivity contribution in [2.75, 3.05) is 11.9 Å². The highest BCUT2D eigenvalue weighted by Gasteiger charge is 2.18. The molecule has 0 heterocycles. The van der Waals surface area contributed by atoms with E-state index in [0.29, 0.717) is 12.1 Å². The average Bonchev–Trinajstić information content (AvgIpc) is 2.63. The fourth-order valence-corrected chi connectivity index (χ4v) is 2.74. The van der Waals surface area contributed by atoms with Crippen LogP contribution in [0.25, 0.3) is 0 Å². The lowest BCUT2D eigenvalue weighted by atomic mass is 9.97. The largest absolute Gasteiger partial charge is 0.507 e. The third-order valence-electron chi connectivity index (χ3n) is 3.89. The molecule has 2 aromatic rings. The Hall–Kier alpha value is -3.26. The van der Waals surface area contributed by atoms with Crippen LogP contribution in [0.15, 0.2) is 30.3 Å². The molecule has 2 rings (SSSR count). The predicted octanol–water partition coefficient (Wildman–Crippen LogP) is 3.95. The van der Waals surface area contributed by atoms with E-state index < -0.39 is 17.8 Å². The van der Waals surface area contributed by atoms with Crippen molar-refractivity contribution in [1.29, 1.82) is 0 Å². The SMILES string of the molecule is Cc1cc(NC(=O)C(=O)O)cc(Cl)c1Oc1ccc(O)c(C(=O)NCC(C)(C)C)c1. The van der Waals surface area contributed by atoms with Crippen molar-refractivity contribution in [3.05, 3.63) is 46.5 Å². The van der Waals surface area contributed by atoms with Gasteiger partial charge in [0.05, 0.1) is 10.6 Å². The van der Waals surface area contributed by atoms with E-state index in [1.807, 2.05) is 20.8 Å². The maximum atomic E-state index is 12.4. The molecule has 160 valence electrons. The van der Waals surface area contributed by atoms with E-state index in [9.17, 15) is 19.5 Å². The molecule has 0 unspecified atom stereocenters. The monoisotopic (exact) mass is 434 g/mol. The first-order chi connectivity index (χ1) is 13.9. The van der Waals surface area contributed by atoms with Crippen LogP contribution in [0.3, 0.4) is 0 Å². The third-order valence-corrected chi connectivity index (χ3v) is 4.17. The van der Waals surface area contributed by atoms with Crippen LogP contribution in [-0.4, -0.2) is 34.5 Å². The smallest absolute Gasteiger partial charge is 0.394 e. The molecule has 0 aromatic heterocycles. The van der Waals surface area contributed by atoms with Crippen LogP contribution >= 0.6 is 11.6 Å². The number of aryl methyl sites for hydroxylation is 1. The highest BCUT2D eigenvalue weighted by Crippen LogP contribution is 2.36. The van der Waals surface area contributed by atoms with Gasteiger partial charge in [-0.2, -0.15) is 0 Å². The maximum Gasteiger partial charge on any atom is 0.394 e. The Kier molecular flexibility index (Phi) is 6.94. The average molecular weight is 435 g/mol. The summed E-state index contributed by atoms with van der Waals surface area (Å²) in [6.07, 6.45) is 0. The van der Waals surface area contributed by atoms with Crippen molar-refractivity contribution < 1.29 is 29.3 Å². The fourth-order valence-electron chi connectivity index (χ4n) is 2.44. The van der Waals surface area contributed by atoms with E-state index >= 15 is 0 Å². The number of rotatable bonds is 5. The lowest BCUT2D eigenvalue weighted by Gasteiger charge is -2.19. The number of phenols is 1. The Morgan fingerprint density at radius 3 is 2.37 bits per heavy atom. The highest BCUT2D eigenvalue weighted by atomic mass is 35.5. The van der Waals surface area contributed by atoms with E-state index in [-0.39, 0.29) is 38.9 Å². The first-order valence-electron chi connectivity index (χ1n) is 9.01. The molecule has 0 bridgehead atoms. The summed E-state index contributed by atoms with van der Waals surface area (Å²) in [5.74, 6) is -2.92. The Morgan fingerprint density at radius 1 is 1.13 bits per heavy atom. The first kappa shape index (κ1) is 23.0. The number of nitrogens with one attached hydrogen (secondary N) is 2. The summed E-state index contributed by atoms with van der Waals surface area (Å²) in [5.41, 5.74) is 0.651. The van der Waals surface area contributed by atoms with Gasteiger partial charge in [-0.3, -0.25) is 9.59 Å². The van der Waals surface area contributed by atoms with Gasteiger partial charge in [0.1, 0.15) is 17.2 Å². The molecule has 8 nitrogen and oxygen atoms in total. The summed E-state index contributed by atoms with van der Waals surface area (Å²) in [5, 5.41) is 23.8. The maximum absolute atomic E-state index is 12.4. The molecule has 30 heavy (non-hydrogen) atoms. The van der Waals surface area contributed by atoms with Crippen molar-refractivity contribution in [3.8, 4) is 17.2 Å². The summed E-state index contributed by atoms with van der Waals surface area (Å²) in [6.45, 7) is 8.00. The Balaban J connectivity index is 2.25. The minimum absolute atomic E-state index is 0.0517. The predicted molar refractivity (Wildman–Crippen MR) is 112 cm³/mol. The molecule has 0 aliphatic heterocycles. The van der Waals surface area contributed by atoms with Gasteiger partial charge in [-0.1, -0.05) is 32.4 Å². The van der Waals surface area contributed by atoms with Gasteiger partial charge in [0.2, 0.25) is 0 Å². The Morgan fingerprint density at radius 2 is 1.80 bits per heavy atom. The van der Waals surface area contributed by atoms with Crippen molar-refractivity contribution in [2.45, 2.75) is 27.7 Å². The number of carboxylic acid groups (broad SMARTS) is 1. The van der Waals surface area contributed by atoms with Gasteiger partial charge in [0.15, 0.2) is 0 Å². The third kappa shape index (κ3) is 6.12. The van der Waals surface area contributed by atoms with Crippen LogP contribution in [-0.2, 0) is 9.59 Å². The van der Waals surface area contributed by atoms with Crippen LogP contribution in [0.1, 0.15) is 36.7 Å². The molecule has 0 saturated heterocycles. The minimum Gasteiger partial charge on any atom is -0.507 e. The zero-order valence-electron chi connectivity index (χ0n) is 17.0. The van der Waals surface area contributed by atoms with Crippen LogP contribution in [0.5, 0.6) is 17.2 Å². The standard InChI is InChI=1S/C21H23ClN2O6/c1-11-7-12(24-19(27)20(28)29)8-15(22)17(11)30-13-5-6-16(25)14(9-13)18(26)23-10-21(2,3)4/h5-9,25H,10H2,1-4H3,(H,23,26)(H,24,27)(H,28,29). The zero-order valence-corrected chi connectivity index (χ0v) is 17.8. The summed E-state index contributed by atoms with van der Waals surface area (Å²) in [7, 11) is 0. The topological polar surface area (TPSA) is 125 Å². The summed E-state index contributed by atoms with van der Waals surface area (Å²) >= 11 is 6.23. The first-order valence-corrected chi connectivity index (χ1v) is 9.38. The molecule has 0 aliphatic carbocycles. The summed E-state index contributed by atoms with van der Waals surface area (Å²) in [4.78, 5) is 34.4. The number of anilines is 1. The van der Waals surface area contributed by atoms with Gasteiger partial charge >= 0.3 is 11.9 Å². The molecule has 2 aromatic carbocycles. The number of hydrogen-bond acceptors (Lipinski definition) is 5. The molecule has 0 saturated carbocycles. The van der Waals surface area contributed by atoms with Gasteiger partial charge in [-0.15, -0.1) is 0 Å². The van der Waals surface area contributed by atoms with Crippen LogP contribution in [0, 0.1) is 12.3 Å². The molecule has 4 N–H and O–H groups in total. The van der Waals surface area contributed by atoms with E-state index in [2.05, 4.69) is 10.6 Å². The number of ether oxygens (including phenoxy) is 1. The number of carboxylic acids is 1. The van der Waals surface area contributed by atoms with Crippen molar-refractivity contribution >= 4 is 35.1 Å². The second kappa shape index (κ2) is 9.04. The van der Waals surface area contributed by atoms with Crippen molar-refractivity contribution in [3.63, 3.8) is 0 Å². The lowest BCUT2D eigenvalue weighted by Crippen LogP contribution is -2.32. The van der Waals surface area contributed by atoms with Crippen LogP contribution in [0.2, 0.25) is 5.02 Å². The van der Waals surface area contributed by atoms with Crippen LogP contribution < -0.4 is 15.4 Å². The molecule has 0 aliphatic rings. The van der Waals surface area contributed by atoms with Gasteiger partial charge < -0.3 is 25.6 Å². The number of aromatic hydroxyl groups is 1. The minimum atomic E-state index is -1.62. The van der Waals surface area contributed by atoms with Gasteiger partial charge in [-0.25, -0.2) is 4.79 Å². The molecule has 9 heteroatoms. The zero-order chi connectivity index (χ0) is 22.6. The number of aliphatic carboxylic acids is 1. The second-order valence-electron chi connectivity index (χ2n) is 7.89. The molecular weight excluding hydrogens is 412 g/mol. The van der Waals surface area contributed by atoms with Crippen molar-refractivity contribution in [2.24, 2.45) is 5.41 Å². The van der Waals surface area contributed by atoms with E-state index in [4.69, 9.17) is 21.4 Å². The molecular formula is C21H23ClN2O6. The van der Waals surface area contributed by atoms with E-state index in [1.54, 1.807) is 6.92 Å². The Labute approximate surface area is 178 Å². The lowest BCUT2D eigenvalue weighted by molar-refractivity contribution is -0.147.